The molecule has 7 heteroatoms. The molecule has 5 nitrogen and oxygen atoms in total. The predicted octanol–water partition coefficient (Wildman–Crippen LogP) is 2.22. The number of hydrogen-bond donors (Lipinski definition) is 3. The van der Waals surface area contributed by atoms with Gasteiger partial charge in [0.1, 0.15) is 5.82 Å². The van der Waals surface area contributed by atoms with Gasteiger partial charge in [0, 0.05) is 18.6 Å². The van der Waals surface area contributed by atoms with Gasteiger partial charge < -0.3 is 10.1 Å². The summed E-state index contributed by atoms with van der Waals surface area (Å²) in [6.45, 7) is 3.56. The van der Waals surface area contributed by atoms with Gasteiger partial charge in [0.15, 0.2) is 5.17 Å². The van der Waals surface area contributed by atoms with E-state index in [-0.39, 0.29) is 30.0 Å². The largest absolute Gasteiger partial charge is 0.376 e. The molecule has 0 saturated carbocycles. The van der Waals surface area contributed by atoms with Crippen LogP contribution in [0.4, 0.5) is 4.39 Å². The summed E-state index contributed by atoms with van der Waals surface area (Å²) in [4.78, 5) is 4.65. The molecule has 2 fully saturated rings. The Morgan fingerprint density at radius 3 is 2.96 bits per heavy atom. The summed E-state index contributed by atoms with van der Waals surface area (Å²) >= 11 is 1.56. The fourth-order valence-corrected chi connectivity index (χ4v) is 3.73. The SMILES string of the molecule is CSC(=NCC1CCCO1)NC1NNC(C)C1c1ccccc1F. The number of ether oxygens (including phenoxy) is 1. The Balaban J connectivity index is 1.69. The molecule has 2 aliphatic heterocycles. The molecule has 0 bridgehead atoms. The van der Waals surface area contributed by atoms with Crippen molar-refractivity contribution in [1.29, 1.82) is 0 Å². The van der Waals surface area contributed by atoms with Crippen LogP contribution in [0.3, 0.4) is 0 Å². The van der Waals surface area contributed by atoms with Crippen LogP contribution < -0.4 is 16.2 Å². The lowest BCUT2D eigenvalue weighted by atomic mass is 9.91. The highest BCUT2D eigenvalue weighted by Crippen LogP contribution is 2.28. The zero-order chi connectivity index (χ0) is 16.9. The number of nitrogens with zero attached hydrogens (tertiary/aromatic N) is 1. The number of nitrogens with one attached hydrogen (secondary N) is 3. The summed E-state index contributed by atoms with van der Waals surface area (Å²) in [5.41, 5.74) is 7.13. The second-order valence-corrected chi connectivity index (χ2v) is 7.03. The average Bonchev–Trinajstić information content (AvgIpc) is 3.22. The topological polar surface area (TPSA) is 57.7 Å². The molecule has 0 radical (unpaired) electrons. The summed E-state index contributed by atoms with van der Waals surface area (Å²) in [6.07, 6.45) is 4.29. The van der Waals surface area contributed by atoms with Gasteiger partial charge in [0.05, 0.1) is 18.8 Å². The quantitative estimate of drug-likeness (QED) is 0.573. The molecule has 0 aliphatic carbocycles. The van der Waals surface area contributed by atoms with Crippen molar-refractivity contribution in [3.63, 3.8) is 0 Å². The van der Waals surface area contributed by atoms with E-state index < -0.39 is 0 Å². The predicted molar refractivity (Wildman–Crippen MR) is 96.6 cm³/mol. The van der Waals surface area contributed by atoms with Gasteiger partial charge in [-0.25, -0.2) is 9.82 Å². The lowest BCUT2D eigenvalue weighted by Crippen LogP contribution is -2.45. The van der Waals surface area contributed by atoms with Crippen LogP contribution in [0.15, 0.2) is 29.3 Å². The zero-order valence-electron chi connectivity index (χ0n) is 14.1. The maximum atomic E-state index is 14.2. The minimum Gasteiger partial charge on any atom is -0.376 e. The number of rotatable bonds is 4. The van der Waals surface area contributed by atoms with Crippen LogP contribution in [-0.4, -0.2) is 42.9 Å². The Morgan fingerprint density at radius 1 is 1.42 bits per heavy atom. The van der Waals surface area contributed by atoms with Crippen LogP contribution in [0, 0.1) is 5.82 Å². The molecule has 0 spiro atoms. The summed E-state index contributed by atoms with van der Waals surface area (Å²) < 4.78 is 19.8. The van der Waals surface area contributed by atoms with E-state index in [1.54, 1.807) is 17.8 Å². The molecule has 2 aliphatic rings. The smallest absolute Gasteiger partial charge is 0.157 e. The lowest BCUT2D eigenvalue weighted by Gasteiger charge is -2.24. The Hall–Kier alpha value is -1.15. The summed E-state index contributed by atoms with van der Waals surface area (Å²) in [5.74, 6) is -0.195. The number of thioether (sulfide) groups is 1. The molecule has 3 rings (SSSR count). The van der Waals surface area contributed by atoms with Crippen LogP contribution in [0.2, 0.25) is 0 Å². The van der Waals surface area contributed by atoms with Crippen molar-refractivity contribution in [1.82, 2.24) is 16.2 Å². The Labute approximate surface area is 146 Å². The van der Waals surface area contributed by atoms with Crippen molar-refractivity contribution in [2.24, 2.45) is 4.99 Å². The second kappa shape index (κ2) is 8.29. The Bertz CT molecular complexity index is 579. The van der Waals surface area contributed by atoms with Gasteiger partial charge in [-0.3, -0.25) is 10.4 Å². The molecule has 24 heavy (non-hydrogen) atoms. The highest BCUT2D eigenvalue weighted by molar-refractivity contribution is 8.13. The highest BCUT2D eigenvalue weighted by Gasteiger charge is 2.36. The van der Waals surface area contributed by atoms with Crippen molar-refractivity contribution < 1.29 is 9.13 Å². The van der Waals surface area contributed by atoms with Gasteiger partial charge in [0.2, 0.25) is 0 Å². The van der Waals surface area contributed by atoms with Crippen LogP contribution in [0.5, 0.6) is 0 Å². The monoisotopic (exact) mass is 352 g/mol. The lowest BCUT2D eigenvalue weighted by molar-refractivity contribution is 0.118. The summed E-state index contributed by atoms with van der Waals surface area (Å²) in [5, 5.41) is 4.26. The first-order chi connectivity index (χ1) is 11.7. The third kappa shape index (κ3) is 4.08. The molecular weight excluding hydrogens is 327 g/mol. The van der Waals surface area contributed by atoms with E-state index in [4.69, 9.17) is 4.74 Å². The van der Waals surface area contributed by atoms with Gasteiger partial charge in [-0.15, -0.1) is 0 Å². The van der Waals surface area contributed by atoms with Gasteiger partial charge in [0.25, 0.3) is 0 Å². The summed E-state index contributed by atoms with van der Waals surface area (Å²) in [7, 11) is 0. The molecule has 132 valence electrons. The van der Waals surface area contributed by atoms with E-state index in [0.29, 0.717) is 12.1 Å². The normalized spacial score (nSPS) is 30.7. The minimum absolute atomic E-state index is 0.0220. The maximum absolute atomic E-state index is 14.2. The van der Waals surface area contributed by atoms with Crippen molar-refractivity contribution in [3.8, 4) is 0 Å². The fourth-order valence-electron chi connectivity index (χ4n) is 3.28. The van der Waals surface area contributed by atoms with Crippen LogP contribution >= 0.6 is 11.8 Å². The molecule has 1 aromatic carbocycles. The van der Waals surface area contributed by atoms with Crippen LogP contribution in [0.1, 0.15) is 31.2 Å². The number of aliphatic imine (C=N–C) groups is 1. The first-order valence-corrected chi connectivity index (χ1v) is 9.63. The number of amidine groups is 1. The van der Waals surface area contributed by atoms with Crippen molar-refractivity contribution in [2.75, 3.05) is 19.4 Å². The van der Waals surface area contributed by atoms with E-state index >= 15 is 0 Å². The van der Waals surface area contributed by atoms with E-state index in [1.165, 1.54) is 6.07 Å². The molecule has 0 amide bonds. The molecule has 3 N–H and O–H groups in total. The third-order valence-corrected chi connectivity index (χ3v) is 5.20. The number of benzene rings is 1. The molecule has 4 unspecified atom stereocenters. The Morgan fingerprint density at radius 2 is 2.25 bits per heavy atom. The highest BCUT2D eigenvalue weighted by atomic mass is 32.2. The van der Waals surface area contributed by atoms with Gasteiger partial charge in [-0.05, 0) is 37.7 Å². The zero-order valence-corrected chi connectivity index (χ0v) is 14.9. The van der Waals surface area contributed by atoms with Gasteiger partial charge in [-0.1, -0.05) is 30.0 Å². The van der Waals surface area contributed by atoms with Crippen molar-refractivity contribution in [2.45, 2.75) is 44.0 Å². The van der Waals surface area contributed by atoms with E-state index in [0.717, 1.165) is 24.6 Å². The number of hydrogen-bond acceptors (Lipinski definition) is 5. The minimum atomic E-state index is -0.173. The van der Waals surface area contributed by atoms with E-state index in [9.17, 15) is 4.39 Å². The number of hydrazine groups is 1. The molecular formula is C17H25FN4OS. The van der Waals surface area contributed by atoms with E-state index in [1.807, 2.05) is 25.3 Å². The first kappa shape index (κ1) is 17.7. The van der Waals surface area contributed by atoms with Crippen molar-refractivity contribution in [3.05, 3.63) is 35.6 Å². The molecule has 2 heterocycles. The maximum Gasteiger partial charge on any atom is 0.157 e. The van der Waals surface area contributed by atoms with Crippen LogP contribution in [0.25, 0.3) is 0 Å². The molecule has 4 atom stereocenters. The molecule has 0 aromatic heterocycles. The second-order valence-electron chi connectivity index (χ2n) is 6.23. The molecule has 1 aromatic rings. The Kier molecular flexibility index (Phi) is 6.10. The van der Waals surface area contributed by atoms with E-state index in [2.05, 4.69) is 21.2 Å². The first-order valence-electron chi connectivity index (χ1n) is 8.41. The average molecular weight is 352 g/mol. The number of halogens is 1. The fraction of sp³-hybridized carbons (Fsp3) is 0.588. The van der Waals surface area contributed by atoms with Gasteiger partial charge >= 0.3 is 0 Å². The van der Waals surface area contributed by atoms with Crippen molar-refractivity contribution >= 4 is 16.9 Å². The third-order valence-electron chi connectivity index (χ3n) is 4.56. The van der Waals surface area contributed by atoms with Gasteiger partial charge in [-0.2, -0.15) is 0 Å². The standard InChI is InChI=1S/C17H25FN4OS/c1-11-15(13-7-3-4-8-14(13)18)16(22-21-11)20-17(24-2)19-10-12-6-5-9-23-12/h3-4,7-8,11-12,15-16,21-22H,5-6,9-10H2,1-2H3,(H,19,20). The molecule has 2 saturated heterocycles. The van der Waals surface area contributed by atoms with Crippen LogP contribution in [-0.2, 0) is 4.74 Å². The summed E-state index contributed by atoms with van der Waals surface area (Å²) in [6, 6.07) is 7.07.